The maximum atomic E-state index is 12.2. The molecule has 6 heteroatoms. The second-order valence-electron chi connectivity index (χ2n) is 5.17. The van der Waals surface area contributed by atoms with Crippen molar-refractivity contribution in [1.82, 2.24) is 15.3 Å². The van der Waals surface area contributed by atoms with Gasteiger partial charge in [-0.05, 0) is 33.8 Å². The smallest absolute Gasteiger partial charge is 0.268 e. The van der Waals surface area contributed by atoms with Gasteiger partial charge >= 0.3 is 0 Å². The van der Waals surface area contributed by atoms with Gasteiger partial charge in [-0.1, -0.05) is 6.07 Å². The van der Waals surface area contributed by atoms with Crippen molar-refractivity contribution in [3.05, 3.63) is 49.8 Å². The zero-order valence-corrected chi connectivity index (χ0v) is 12.7. The molecular formula is C14H17N3O2S. The molecule has 2 aromatic rings. The number of aromatic amines is 1. The summed E-state index contributed by atoms with van der Waals surface area (Å²) in [6, 6.07) is 4.50. The number of hydrogen-bond acceptors (Lipinski definition) is 4. The minimum atomic E-state index is -0.590. The summed E-state index contributed by atoms with van der Waals surface area (Å²) >= 11 is 1.56. The minimum absolute atomic E-state index is 0.246. The lowest BCUT2D eigenvalue weighted by molar-refractivity contribution is 0.0906. The Balaban J connectivity index is 2.23. The quantitative estimate of drug-likeness (QED) is 0.909. The summed E-state index contributed by atoms with van der Waals surface area (Å²) in [5.41, 5.74) is 0.334. The van der Waals surface area contributed by atoms with Crippen molar-refractivity contribution < 1.29 is 4.79 Å². The topological polar surface area (TPSA) is 74.8 Å². The highest BCUT2D eigenvalue weighted by atomic mass is 32.1. The van der Waals surface area contributed by atoms with Crippen LogP contribution in [0.3, 0.4) is 0 Å². The van der Waals surface area contributed by atoms with Gasteiger partial charge in [0.1, 0.15) is 10.7 Å². The molecule has 0 radical (unpaired) electrons. The van der Waals surface area contributed by atoms with Crippen molar-refractivity contribution in [2.24, 2.45) is 0 Å². The van der Waals surface area contributed by atoms with Gasteiger partial charge in [0.2, 0.25) is 5.56 Å². The second kappa shape index (κ2) is 5.20. The number of H-pyrrole nitrogens is 1. The Kier molecular flexibility index (Phi) is 3.76. The van der Waals surface area contributed by atoms with Crippen LogP contribution in [0.5, 0.6) is 0 Å². The summed E-state index contributed by atoms with van der Waals surface area (Å²) in [6.45, 7) is 7.73. The highest BCUT2D eigenvalue weighted by molar-refractivity contribution is 7.11. The van der Waals surface area contributed by atoms with Crippen molar-refractivity contribution in [1.29, 1.82) is 0 Å². The van der Waals surface area contributed by atoms with Crippen LogP contribution in [-0.4, -0.2) is 15.9 Å². The van der Waals surface area contributed by atoms with Gasteiger partial charge in [0.15, 0.2) is 0 Å². The second-order valence-corrected chi connectivity index (χ2v) is 6.37. The molecule has 20 heavy (non-hydrogen) atoms. The van der Waals surface area contributed by atoms with Gasteiger partial charge in [-0.15, -0.1) is 11.3 Å². The van der Waals surface area contributed by atoms with Crippen LogP contribution in [0.2, 0.25) is 0 Å². The molecule has 0 bridgehead atoms. The van der Waals surface area contributed by atoms with Crippen molar-refractivity contribution in [2.45, 2.75) is 33.2 Å². The SMILES string of the molecule is Cc1nc(C(C)(C)NC(=O)c2cccc(=O)[nH]2)sc1C. The molecule has 106 valence electrons. The zero-order chi connectivity index (χ0) is 14.9. The van der Waals surface area contributed by atoms with Gasteiger partial charge in [-0.25, -0.2) is 4.98 Å². The Bertz CT molecular complexity index is 681. The Hall–Kier alpha value is -1.95. The first-order valence-electron chi connectivity index (χ1n) is 6.26. The summed E-state index contributed by atoms with van der Waals surface area (Å²) in [5.74, 6) is -0.321. The molecule has 0 aliphatic heterocycles. The molecule has 2 aromatic heterocycles. The first-order chi connectivity index (χ1) is 9.29. The fraction of sp³-hybridized carbons (Fsp3) is 0.357. The standard InChI is InChI=1S/C14H17N3O2S/c1-8-9(2)20-13(15-8)14(3,4)17-12(19)10-6-5-7-11(18)16-10/h5-7H,1-4H3,(H,16,18)(H,17,19). The number of rotatable bonds is 3. The third kappa shape index (κ3) is 2.96. The largest absolute Gasteiger partial charge is 0.339 e. The number of nitrogens with one attached hydrogen (secondary N) is 2. The van der Waals surface area contributed by atoms with E-state index in [4.69, 9.17) is 0 Å². The van der Waals surface area contributed by atoms with Crippen LogP contribution in [0.4, 0.5) is 0 Å². The monoisotopic (exact) mass is 291 g/mol. The summed E-state index contributed by atoms with van der Waals surface area (Å²) < 4.78 is 0. The lowest BCUT2D eigenvalue weighted by Gasteiger charge is -2.23. The predicted octanol–water partition coefficient (Wildman–Crippen LogP) is 2.11. The van der Waals surface area contributed by atoms with Crippen LogP contribution < -0.4 is 10.9 Å². The molecule has 5 nitrogen and oxygen atoms in total. The molecule has 0 saturated carbocycles. The van der Waals surface area contributed by atoms with Crippen LogP contribution in [0.25, 0.3) is 0 Å². The normalized spacial score (nSPS) is 11.4. The summed E-state index contributed by atoms with van der Waals surface area (Å²) in [7, 11) is 0. The van der Waals surface area contributed by atoms with Crippen LogP contribution in [-0.2, 0) is 5.54 Å². The first kappa shape index (κ1) is 14.5. The molecule has 0 aliphatic rings. The Morgan fingerprint density at radius 2 is 2.05 bits per heavy atom. The molecule has 1 amide bonds. The Labute approximate surface area is 121 Å². The van der Waals surface area contributed by atoms with Gasteiger partial charge < -0.3 is 10.3 Å². The van der Waals surface area contributed by atoms with E-state index in [1.165, 1.54) is 6.07 Å². The van der Waals surface area contributed by atoms with Crippen LogP contribution >= 0.6 is 11.3 Å². The maximum Gasteiger partial charge on any atom is 0.268 e. The van der Waals surface area contributed by atoms with E-state index in [0.29, 0.717) is 0 Å². The van der Waals surface area contributed by atoms with E-state index < -0.39 is 5.54 Å². The highest BCUT2D eigenvalue weighted by Gasteiger charge is 2.27. The summed E-state index contributed by atoms with van der Waals surface area (Å²) in [4.78, 5) is 31.5. The third-order valence-corrected chi connectivity index (χ3v) is 4.40. The number of carbonyl (C=O) groups excluding carboxylic acids is 1. The summed E-state index contributed by atoms with van der Waals surface area (Å²) in [6.07, 6.45) is 0. The molecule has 0 fully saturated rings. The number of nitrogens with zero attached hydrogens (tertiary/aromatic N) is 1. The number of pyridine rings is 1. The van der Waals surface area contributed by atoms with Crippen molar-refractivity contribution in [3.8, 4) is 0 Å². The number of amides is 1. The first-order valence-corrected chi connectivity index (χ1v) is 7.07. The van der Waals surface area contributed by atoms with Crippen molar-refractivity contribution >= 4 is 17.2 Å². The van der Waals surface area contributed by atoms with Crippen LogP contribution in [0.1, 0.15) is 39.9 Å². The molecule has 0 atom stereocenters. The number of thiazole rings is 1. The summed E-state index contributed by atoms with van der Waals surface area (Å²) in [5, 5.41) is 3.74. The minimum Gasteiger partial charge on any atom is -0.339 e. The number of aryl methyl sites for hydroxylation is 2. The lowest BCUT2D eigenvalue weighted by Crippen LogP contribution is -2.41. The molecule has 0 spiro atoms. The number of hydrogen-bond donors (Lipinski definition) is 2. The van der Waals surface area contributed by atoms with Gasteiger partial charge in [0.25, 0.3) is 5.91 Å². The molecule has 0 aliphatic carbocycles. The molecular weight excluding hydrogens is 274 g/mol. The van der Waals surface area contributed by atoms with E-state index in [1.807, 2.05) is 27.7 Å². The van der Waals surface area contributed by atoms with Gasteiger partial charge in [-0.3, -0.25) is 9.59 Å². The van der Waals surface area contributed by atoms with Crippen molar-refractivity contribution in [2.75, 3.05) is 0 Å². The highest BCUT2D eigenvalue weighted by Crippen LogP contribution is 2.27. The molecule has 0 aromatic carbocycles. The van der Waals surface area contributed by atoms with E-state index in [2.05, 4.69) is 15.3 Å². The molecule has 2 N–H and O–H groups in total. The zero-order valence-electron chi connectivity index (χ0n) is 11.9. The van der Waals surface area contributed by atoms with Gasteiger partial charge in [0, 0.05) is 10.9 Å². The van der Waals surface area contributed by atoms with E-state index in [0.717, 1.165) is 15.6 Å². The Morgan fingerprint density at radius 3 is 2.60 bits per heavy atom. The van der Waals surface area contributed by atoms with Crippen LogP contribution in [0.15, 0.2) is 23.0 Å². The molecule has 0 saturated heterocycles. The van der Waals surface area contributed by atoms with Crippen molar-refractivity contribution in [3.63, 3.8) is 0 Å². The lowest BCUT2D eigenvalue weighted by atomic mass is 10.1. The van der Waals surface area contributed by atoms with Gasteiger partial charge in [-0.2, -0.15) is 0 Å². The maximum absolute atomic E-state index is 12.2. The van der Waals surface area contributed by atoms with E-state index in [1.54, 1.807) is 23.5 Å². The van der Waals surface area contributed by atoms with Gasteiger partial charge in [0.05, 0.1) is 11.2 Å². The number of aromatic nitrogens is 2. The van der Waals surface area contributed by atoms with E-state index >= 15 is 0 Å². The molecule has 2 rings (SSSR count). The fourth-order valence-corrected chi connectivity index (χ4v) is 2.70. The fourth-order valence-electron chi connectivity index (χ4n) is 1.72. The molecule has 0 unspecified atom stereocenters. The van der Waals surface area contributed by atoms with E-state index in [9.17, 15) is 9.59 Å². The Morgan fingerprint density at radius 1 is 1.35 bits per heavy atom. The third-order valence-electron chi connectivity index (χ3n) is 3.00. The predicted molar refractivity (Wildman–Crippen MR) is 79.1 cm³/mol. The van der Waals surface area contributed by atoms with Crippen LogP contribution in [0, 0.1) is 13.8 Å². The average Bonchev–Trinajstić information content (AvgIpc) is 2.70. The molecule has 2 heterocycles. The number of carbonyl (C=O) groups is 1. The van der Waals surface area contributed by atoms with E-state index in [-0.39, 0.29) is 17.2 Å². The average molecular weight is 291 g/mol.